The van der Waals surface area contributed by atoms with Gasteiger partial charge in [-0.2, -0.15) is 9.83 Å². The van der Waals surface area contributed by atoms with Crippen LogP contribution in [0.15, 0.2) is 40.3 Å². The summed E-state index contributed by atoms with van der Waals surface area (Å²) < 4.78 is 37.4. The molecule has 0 radical (unpaired) electrons. The fraction of sp³-hybridized carbons (Fsp3) is 0.429. The Bertz CT molecular complexity index is 644. The molecule has 0 amide bonds. The molecule has 4 N–H and O–H groups in total. The highest BCUT2D eigenvalue weighted by Gasteiger charge is 2.34. The number of anilines is 1. The molecule has 2 heterocycles. The van der Waals surface area contributed by atoms with Gasteiger partial charge in [-0.3, -0.25) is 10.6 Å². The maximum atomic E-state index is 12.5. The molecule has 8 nitrogen and oxygen atoms in total. The van der Waals surface area contributed by atoms with Crippen LogP contribution in [0.3, 0.4) is 0 Å². The molecule has 1 unspecified atom stereocenters. The van der Waals surface area contributed by atoms with Gasteiger partial charge in [-0.25, -0.2) is 10.5 Å². The van der Waals surface area contributed by atoms with Gasteiger partial charge in [0.1, 0.15) is 0 Å². The number of halogens is 3. The monoisotopic (exact) mass is 357 g/mol. The largest absolute Gasteiger partial charge is 0.543 e. The second-order valence-corrected chi connectivity index (χ2v) is 5.37. The zero-order valence-corrected chi connectivity index (χ0v) is 13.2. The van der Waals surface area contributed by atoms with Gasteiger partial charge in [-0.1, -0.05) is 18.2 Å². The minimum Gasteiger partial charge on any atom is -0.338 e. The normalized spacial score (nSPS) is 21.7. The summed E-state index contributed by atoms with van der Waals surface area (Å²) in [5, 5.41) is 3.18. The van der Waals surface area contributed by atoms with Crippen molar-refractivity contribution in [2.75, 3.05) is 31.1 Å². The van der Waals surface area contributed by atoms with Gasteiger partial charge in [0, 0.05) is 31.9 Å². The molecular weight excluding hydrogens is 339 g/mol. The number of nitrogens with two attached hydrogens (primary N) is 1. The first-order valence-corrected chi connectivity index (χ1v) is 7.67. The van der Waals surface area contributed by atoms with Gasteiger partial charge < -0.3 is 10.2 Å². The molecule has 0 bridgehead atoms. The molecule has 3 rings (SSSR count). The first kappa shape index (κ1) is 17.5. The summed E-state index contributed by atoms with van der Waals surface area (Å²) in [5.41, 5.74) is 8.47. The molecule has 1 atom stereocenters. The van der Waals surface area contributed by atoms with E-state index in [9.17, 15) is 13.2 Å². The van der Waals surface area contributed by atoms with Crippen LogP contribution >= 0.6 is 0 Å². The van der Waals surface area contributed by atoms with Crippen LogP contribution in [0.2, 0.25) is 0 Å². The molecule has 136 valence electrons. The summed E-state index contributed by atoms with van der Waals surface area (Å²) in [6.45, 7) is 2.73. The van der Waals surface area contributed by atoms with Crippen LogP contribution in [0, 0.1) is 0 Å². The summed E-state index contributed by atoms with van der Waals surface area (Å²) >= 11 is 0. The molecule has 1 saturated heterocycles. The third kappa shape index (κ3) is 4.38. The SMILES string of the molecule is NC1N=C(N2CCNCC2)N=C(NOC(F)(F)F)N1c1ccccc1. The summed E-state index contributed by atoms with van der Waals surface area (Å²) in [4.78, 5) is 15.4. The van der Waals surface area contributed by atoms with Crippen molar-refractivity contribution in [2.24, 2.45) is 15.7 Å². The van der Waals surface area contributed by atoms with Crippen molar-refractivity contribution in [3.8, 4) is 0 Å². The van der Waals surface area contributed by atoms with E-state index in [1.807, 2.05) is 10.4 Å². The topological polar surface area (TPSA) is 90.5 Å². The fourth-order valence-electron chi connectivity index (χ4n) is 2.54. The smallest absolute Gasteiger partial charge is 0.338 e. The number of hydrogen-bond acceptors (Lipinski definition) is 8. The number of guanidine groups is 2. The maximum absolute atomic E-state index is 12.5. The number of rotatable bonds is 2. The Morgan fingerprint density at radius 2 is 1.88 bits per heavy atom. The Balaban J connectivity index is 1.88. The molecule has 0 saturated carbocycles. The van der Waals surface area contributed by atoms with E-state index in [0.717, 1.165) is 13.1 Å². The van der Waals surface area contributed by atoms with E-state index < -0.39 is 12.7 Å². The van der Waals surface area contributed by atoms with Gasteiger partial charge >= 0.3 is 6.36 Å². The van der Waals surface area contributed by atoms with Crippen molar-refractivity contribution in [3.63, 3.8) is 0 Å². The van der Waals surface area contributed by atoms with Gasteiger partial charge in [0.2, 0.25) is 11.9 Å². The van der Waals surface area contributed by atoms with Crippen molar-refractivity contribution in [1.82, 2.24) is 15.7 Å². The van der Waals surface area contributed by atoms with Crippen molar-refractivity contribution >= 4 is 17.6 Å². The van der Waals surface area contributed by atoms with Crippen LogP contribution in [0.1, 0.15) is 0 Å². The molecular formula is C14H18F3N7O. The van der Waals surface area contributed by atoms with Gasteiger partial charge in [-0.05, 0) is 12.1 Å². The van der Waals surface area contributed by atoms with E-state index in [-0.39, 0.29) is 11.9 Å². The molecule has 1 aromatic rings. The van der Waals surface area contributed by atoms with Crippen LogP contribution in [-0.4, -0.2) is 55.7 Å². The Morgan fingerprint density at radius 1 is 1.20 bits per heavy atom. The standard InChI is InChI=1S/C14H18F3N7O/c15-14(16,17)25-22-13-21-12(23-8-6-19-7-9-23)20-11(18)24(13)10-4-2-1-3-5-10/h1-5,11,19H,6-9,18H2,(H,20,21,22). The average molecular weight is 357 g/mol. The van der Waals surface area contributed by atoms with Crippen LogP contribution in [0.5, 0.6) is 0 Å². The Hall–Kier alpha value is -2.37. The van der Waals surface area contributed by atoms with E-state index in [0.29, 0.717) is 18.8 Å². The molecule has 2 aliphatic heterocycles. The highest BCUT2D eigenvalue weighted by Crippen LogP contribution is 2.20. The van der Waals surface area contributed by atoms with Crippen LogP contribution in [0.25, 0.3) is 0 Å². The molecule has 0 spiro atoms. The number of hydroxylamine groups is 1. The van der Waals surface area contributed by atoms with Crippen molar-refractivity contribution < 1.29 is 18.0 Å². The number of para-hydroxylation sites is 1. The maximum Gasteiger partial charge on any atom is 0.543 e. The van der Waals surface area contributed by atoms with Gasteiger partial charge in [-0.15, -0.1) is 13.2 Å². The van der Waals surface area contributed by atoms with Gasteiger partial charge in [0.25, 0.3) is 0 Å². The molecule has 1 fully saturated rings. The van der Waals surface area contributed by atoms with E-state index >= 15 is 0 Å². The zero-order valence-electron chi connectivity index (χ0n) is 13.2. The zero-order chi connectivity index (χ0) is 17.9. The van der Waals surface area contributed by atoms with E-state index in [4.69, 9.17) is 5.73 Å². The van der Waals surface area contributed by atoms with Crippen LogP contribution < -0.4 is 21.4 Å². The lowest BCUT2D eigenvalue weighted by Gasteiger charge is -2.36. The second-order valence-electron chi connectivity index (χ2n) is 5.37. The third-order valence-corrected chi connectivity index (χ3v) is 3.64. The number of piperazine rings is 1. The van der Waals surface area contributed by atoms with Crippen LogP contribution in [0.4, 0.5) is 18.9 Å². The number of nitrogens with zero attached hydrogens (tertiary/aromatic N) is 4. The van der Waals surface area contributed by atoms with Gasteiger partial charge in [0.05, 0.1) is 0 Å². The summed E-state index contributed by atoms with van der Waals surface area (Å²) in [5.74, 6) is 0.0917. The minimum absolute atomic E-state index is 0.181. The molecule has 2 aliphatic rings. The molecule has 1 aromatic carbocycles. The number of aliphatic imine (C=N–C) groups is 2. The number of alkyl halides is 3. The van der Waals surface area contributed by atoms with Crippen molar-refractivity contribution in [2.45, 2.75) is 12.7 Å². The molecule has 11 heteroatoms. The number of nitrogens with one attached hydrogen (secondary N) is 2. The van der Waals surface area contributed by atoms with Crippen molar-refractivity contribution in [1.29, 1.82) is 0 Å². The Labute approximate surface area is 142 Å². The van der Waals surface area contributed by atoms with Crippen LogP contribution in [-0.2, 0) is 4.84 Å². The lowest BCUT2D eigenvalue weighted by Crippen LogP contribution is -2.57. The number of hydrogen-bond donors (Lipinski definition) is 3. The quantitative estimate of drug-likeness (QED) is 0.664. The van der Waals surface area contributed by atoms with Gasteiger partial charge in [0.15, 0.2) is 6.29 Å². The number of benzene rings is 1. The van der Waals surface area contributed by atoms with Crippen molar-refractivity contribution in [3.05, 3.63) is 30.3 Å². The summed E-state index contributed by atoms with van der Waals surface area (Å²) in [7, 11) is 0. The fourth-order valence-corrected chi connectivity index (χ4v) is 2.54. The average Bonchev–Trinajstić information content (AvgIpc) is 2.60. The Kier molecular flexibility index (Phi) is 5.06. The lowest BCUT2D eigenvalue weighted by molar-refractivity contribution is -0.341. The summed E-state index contributed by atoms with van der Waals surface area (Å²) in [6.07, 6.45) is -5.80. The second kappa shape index (κ2) is 7.25. The lowest BCUT2D eigenvalue weighted by atomic mass is 10.3. The Morgan fingerprint density at radius 3 is 2.52 bits per heavy atom. The van der Waals surface area contributed by atoms with E-state index in [1.54, 1.807) is 30.3 Å². The van der Waals surface area contributed by atoms with E-state index in [1.165, 1.54) is 4.90 Å². The molecule has 0 aliphatic carbocycles. The predicted molar refractivity (Wildman–Crippen MR) is 86.5 cm³/mol. The highest BCUT2D eigenvalue weighted by atomic mass is 19.4. The summed E-state index contributed by atoms with van der Waals surface area (Å²) in [6, 6.07) is 8.64. The molecule has 0 aromatic heterocycles. The van der Waals surface area contributed by atoms with E-state index in [2.05, 4.69) is 20.1 Å². The first-order valence-electron chi connectivity index (χ1n) is 7.67. The third-order valence-electron chi connectivity index (χ3n) is 3.64. The first-order chi connectivity index (χ1) is 11.9. The predicted octanol–water partition coefficient (Wildman–Crippen LogP) is 0.407. The highest BCUT2D eigenvalue weighted by molar-refractivity contribution is 6.05. The minimum atomic E-state index is -4.86. The molecule has 25 heavy (non-hydrogen) atoms.